The lowest BCUT2D eigenvalue weighted by molar-refractivity contribution is 0.0467. The van der Waals surface area contributed by atoms with E-state index in [0.29, 0.717) is 11.3 Å². The lowest BCUT2D eigenvalue weighted by Crippen LogP contribution is -2.05. The average molecular weight is 346 g/mol. The highest BCUT2D eigenvalue weighted by atomic mass is 79.9. The summed E-state index contributed by atoms with van der Waals surface area (Å²) in [6.45, 7) is 2.14. The summed E-state index contributed by atoms with van der Waals surface area (Å²) >= 11 is 3.27. The smallest absolute Gasteiger partial charge is 0.340 e. The zero-order valence-electron chi connectivity index (χ0n) is 11.3. The Bertz CT molecular complexity index is 814. The third-order valence-electron chi connectivity index (χ3n) is 2.94. The highest BCUT2D eigenvalue weighted by Crippen LogP contribution is 2.12. The van der Waals surface area contributed by atoms with Crippen LogP contribution in [0.4, 0.5) is 0 Å². The zero-order valence-corrected chi connectivity index (χ0v) is 12.9. The zero-order chi connectivity index (χ0) is 14.8. The molecule has 0 aliphatic rings. The standard InChI is InChI=1S/C15H12BrN3O2/c1-10-2-3-14-18-13(8-19(14)7-10)9-21-15(20)11-4-12(16)6-17-5-11/h2-8H,9H2,1H3. The van der Waals surface area contributed by atoms with Crippen LogP contribution in [-0.2, 0) is 11.3 Å². The van der Waals surface area contributed by atoms with Gasteiger partial charge in [-0.15, -0.1) is 0 Å². The molecule has 0 aliphatic heterocycles. The molecule has 3 aromatic rings. The van der Waals surface area contributed by atoms with Gasteiger partial charge >= 0.3 is 5.97 Å². The minimum Gasteiger partial charge on any atom is -0.455 e. The Labute approximate surface area is 129 Å². The number of pyridine rings is 2. The lowest BCUT2D eigenvalue weighted by atomic mass is 10.3. The molecule has 3 heterocycles. The predicted molar refractivity (Wildman–Crippen MR) is 81.0 cm³/mol. The molecule has 0 bridgehead atoms. The second-order valence-electron chi connectivity index (χ2n) is 4.67. The summed E-state index contributed by atoms with van der Waals surface area (Å²) in [4.78, 5) is 20.3. The Kier molecular flexibility index (Phi) is 3.70. The van der Waals surface area contributed by atoms with Crippen LogP contribution in [0, 0.1) is 6.92 Å². The van der Waals surface area contributed by atoms with Gasteiger partial charge in [-0.25, -0.2) is 9.78 Å². The van der Waals surface area contributed by atoms with Crippen LogP contribution < -0.4 is 0 Å². The highest BCUT2D eigenvalue weighted by molar-refractivity contribution is 9.10. The van der Waals surface area contributed by atoms with Crippen molar-refractivity contribution in [1.82, 2.24) is 14.4 Å². The van der Waals surface area contributed by atoms with Crippen molar-refractivity contribution in [2.24, 2.45) is 0 Å². The van der Waals surface area contributed by atoms with Gasteiger partial charge in [-0.05, 0) is 40.5 Å². The van der Waals surface area contributed by atoms with E-state index in [1.165, 1.54) is 6.20 Å². The number of halogens is 1. The van der Waals surface area contributed by atoms with Crippen molar-refractivity contribution in [2.75, 3.05) is 0 Å². The minimum atomic E-state index is -0.419. The van der Waals surface area contributed by atoms with Crippen LogP contribution in [0.15, 0.2) is 47.5 Å². The SMILES string of the molecule is Cc1ccc2nc(COC(=O)c3cncc(Br)c3)cn2c1. The van der Waals surface area contributed by atoms with E-state index in [-0.39, 0.29) is 6.61 Å². The molecule has 0 N–H and O–H groups in total. The first-order valence-corrected chi connectivity index (χ1v) is 7.13. The number of aryl methyl sites for hydroxylation is 1. The molecule has 21 heavy (non-hydrogen) atoms. The van der Waals surface area contributed by atoms with Crippen LogP contribution in [0.5, 0.6) is 0 Å². The van der Waals surface area contributed by atoms with E-state index in [4.69, 9.17) is 4.74 Å². The van der Waals surface area contributed by atoms with Gasteiger partial charge in [0, 0.05) is 29.3 Å². The molecule has 3 aromatic heterocycles. The molecular formula is C15H12BrN3O2. The summed E-state index contributed by atoms with van der Waals surface area (Å²) in [7, 11) is 0. The van der Waals surface area contributed by atoms with Crippen LogP contribution in [-0.4, -0.2) is 20.3 Å². The van der Waals surface area contributed by atoms with Crippen LogP contribution in [0.2, 0.25) is 0 Å². The monoisotopic (exact) mass is 345 g/mol. The number of imidazole rings is 1. The molecule has 0 amide bonds. The summed E-state index contributed by atoms with van der Waals surface area (Å²) in [6, 6.07) is 5.59. The molecule has 0 unspecified atom stereocenters. The van der Waals surface area contributed by atoms with Crippen molar-refractivity contribution in [2.45, 2.75) is 13.5 Å². The van der Waals surface area contributed by atoms with Gasteiger partial charge in [0.1, 0.15) is 12.3 Å². The Hall–Kier alpha value is -2.21. The van der Waals surface area contributed by atoms with Crippen LogP contribution in [0.3, 0.4) is 0 Å². The van der Waals surface area contributed by atoms with Crippen LogP contribution >= 0.6 is 15.9 Å². The third-order valence-corrected chi connectivity index (χ3v) is 3.37. The van der Waals surface area contributed by atoms with Gasteiger partial charge in [0.2, 0.25) is 0 Å². The van der Waals surface area contributed by atoms with Gasteiger partial charge in [-0.3, -0.25) is 4.98 Å². The van der Waals surface area contributed by atoms with E-state index in [0.717, 1.165) is 15.7 Å². The van der Waals surface area contributed by atoms with Crippen molar-refractivity contribution >= 4 is 27.5 Å². The fraction of sp³-hybridized carbons (Fsp3) is 0.133. The van der Waals surface area contributed by atoms with Gasteiger partial charge < -0.3 is 9.14 Å². The van der Waals surface area contributed by atoms with Gasteiger partial charge in [0.25, 0.3) is 0 Å². The number of hydrogen-bond acceptors (Lipinski definition) is 4. The number of carbonyl (C=O) groups is 1. The van der Waals surface area contributed by atoms with Crippen LogP contribution in [0.25, 0.3) is 5.65 Å². The Morgan fingerprint density at radius 1 is 1.33 bits per heavy atom. The number of esters is 1. The molecule has 0 radical (unpaired) electrons. The van der Waals surface area contributed by atoms with Gasteiger partial charge in [0.15, 0.2) is 0 Å². The van der Waals surface area contributed by atoms with Crippen molar-refractivity contribution in [3.05, 3.63) is 64.3 Å². The fourth-order valence-corrected chi connectivity index (χ4v) is 2.34. The molecule has 0 aromatic carbocycles. The lowest BCUT2D eigenvalue weighted by Gasteiger charge is -2.02. The van der Waals surface area contributed by atoms with E-state index >= 15 is 0 Å². The van der Waals surface area contributed by atoms with Crippen molar-refractivity contribution in [3.8, 4) is 0 Å². The molecule has 6 heteroatoms. The molecule has 3 rings (SSSR count). The molecule has 0 atom stereocenters. The fourth-order valence-electron chi connectivity index (χ4n) is 1.97. The molecule has 0 aliphatic carbocycles. The summed E-state index contributed by atoms with van der Waals surface area (Å²) < 4.78 is 7.91. The van der Waals surface area contributed by atoms with Crippen LogP contribution in [0.1, 0.15) is 21.6 Å². The quantitative estimate of drug-likeness (QED) is 0.684. The van der Waals surface area contributed by atoms with E-state index in [2.05, 4.69) is 25.9 Å². The Balaban J connectivity index is 1.72. The second-order valence-corrected chi connectivity index (χ2v) is 5.59. The predicted octanol–water partition coefficient (Wildman–Crippen LogP) is 3.16. The first-order chi connectivity index (χ1) is 10.1. The molecule has 0 saturated carbocycles. The number of hydrogen-bond donors (Lipinski definition) is 0. The summed E-state index contributed by atoms with van der Waals surface area (Å²) in [5.74, 6) is -0.419. The number of ether oxygens (including phenoxy) is 1. The maximum absolute atomic E-state index is 11.9. The summed E-state index contributed by atoms with van der Waals surface area (Å²) in [5, 5.41) is 0. The average Bonchev–Trinajstić information content (AvgIpc) is 2.86. The van der Waals surface area contributed by atoms with E-state index < -0.39 is 5.97 Å². The molecule has 0 saturated heterocycles. The van der Waals surface area contributed by atoms with Gasteiger partial charge in [-0.2, -0.15) is 0 Å². The number of fused-ring (bicyclic) bond motifs is 1. The normalized spacial score (nSPS) is 10.8. The first-order valence-electron chi connectivity index (χ1n) is 6.34. The largest absolute Gasteiger partial charge is 0.455 e. The molecular weight excluding hydrogens is 334 g/mol. The summed E-state index contributed by atoms with van der Waals surface area (Å²) in [6.07, 6.45) is 6.92. The second kappa shape index (κ2) is 5.65. The van der Waals surface area contributed by atoms with E-state index in [9.17, 15) is 4.79 Å². The van der Waals surface area contributed by atoms with Crippen molar-refractivity contribution in [3.63, 3.8) is 0 Å². The summed E-state index contributed by atoms with van der Waals surface area (Å²) in [5.41, 5.74) is 3.08. The van der Waals surface area contributed by atoms with Crippen molar-refractivity contribution < 1.29 is 9.53 Å². The highest BCUT2D eigenvalue weighted by Gasteiger charge is 2.10. The maximum Gasteiger partial charge on any atom is 0.340 e. The molecule has 0 fully saturated rings. The minimum absolute atomic E-state index is 0.131. The van der Waals surface area contributed by atoms with E-state index in [1.807, 2.05) is 35.9 Å². The topological polar surface area (TPSA) is 56.5 Å². The Morgan fingerprint density at radius 3 is 3.00 bits per heavy atom. The van der Waals surface area contributed by atoms with Gasteiger partial charge in [0.05, 0.1) is 11.3 Å². The number of nitrogens with zero attached hydrogens (tertiary/aromatic N) is 3. The number of aromatic nitrogens is 3. The third kappa shape index (κ3) is 3.11. The number of carbonyl (C=O) groups excluding carboxylic acids is 1. The molecule has 0 spiro atoms. The van der Waals surface area contributed by atoms with Crippen molar-refractivity contribution in [1.29, 1.82) is 0 Å². The molecule has 106 valence electrons. The van der Waals surface area contributed by atoms with Gasteiger partial charge in [-0.1, -0.05) is 6.07 Å². The maximum atomic E-state index is 11.9. The molecule has 5 nitrogen and oxygen atoms in total. The number of rotatable bonds is 3. The first kappa shape index (κ1) is 13.8. The Morgan fingerprint density at radius 2 is 2.19 bits per heavy atom. The van der Waals surface area contributed by atoms with E-state index in [1.54, 1.807) is 12.3 Å².